The van der Waals surface area contributed by atoms with E-state index in [2.05, 4.69) is 0 Å². The minimum atomic E-state index is -0.237. The minimum absolute atomic E-state index is 0.0359. The van der Waals surface area contributed by atoms with Gasteiger partial charge in [0.2, 0.25) is 0 Å². The minimum Gasteiger partial charge on any atom is -0.395 e. The average molecular weight is 212 g/mol. The summed E-state index contributed by atoms with van der Waals surface area (Å²) in [4.78, 5) is 1.95. The Hall–Kier alpha value is -0.970. The van der Waals surface area contributed by atoms with Crippen molar-refractivity contribution in [3.05, 3.63) is 35.6 Å². The molecule has 15 heavy (non-hydrogen) atoms. The molecule has 0 spiro atoms. The second kappa shape index (κ2) is 5.80. The predicted octanol–water partition coefficient (Wildman–Crippen LogP) is 0.577. The zero-order valence-corrected chi connectivity index (χ0v) is 8.86. The summed E-state index contributed by atoms with van der Waals surface area (Å²) >= 11 is 0. The molecule has 1 unspecified atom stereocenters. The molecule has 4 heteroatoms. The van der Waals surface area contributed by atoms with Gasteiger partial charge in [0.25, 0.3) is 0 Å². The molecular weight excluding hydrogens is 195 g/mol. The van der Waals surface area contributed by atoms with Crippen LogP contribution in [-0.2, 0) is 6.54 Å². The summed E-state index contributed by atoms with van der Waals surface area (Å²) in [6.45, 7) is 1.10. The number of likely N-dealkylation sites (N-methyl/N-ethyl adjacent to an activating group) is 1. The number of nitrogens with two attached hydrogens (primary N) is 1. The van der Waals surface area contributed by atoms with Crippen LogP contribution in [0.4, 0.5) is 4.39 Å². The molecule has 3 nitrogen and oxygen atoms in total. The topological polar surface area (TPSA) is 49.5 Å². The third-order valence-corrected chi connectivity index (χ3v) is 2.45. The molecule has 0 amide bonds. The Kier molecular flexibility index (Phi) is 4.68. The molecule has 0 aliphatic rings. The lowest BCUT2D eigenvalue weighted by Gasteiger charge is -2.25. The standard InChI is InChI=1S/C11H17FN2O/c1-14(11(6-13)8-15)7-9-2-4-10(12)5-3-9/h2-5,11,15H,6-8,13H2,1H3. The molecule has 0 aromatic heterocycles. The highest BCUT2D eigenvalue weighted by Crippen LogP contribution is 2.07. The van der Waals surface area contributed by atoms with Gasteiger partial charge in [-0.15, -0.1) is 0 Å². The van der Waals surface area contributed by atoms with Gasteiger partial charge in [-0.2, -0.15) is 0 Å². The van der Waals surface area contributed by atoms with Crippen LogP contribution in [0.5, 0.6) is 0 Å². The SMILES string of the molecule is CN(Cc1ccc(F)cc1)C(CN)CO. The Morgan fingerprint density at radius 3 is 2.47 bits per heavy atom. The van der Waals surface area contributed by atoms with Gasteiger partial charge >= 0.3 is 0 Å². The van der Waals surface area contributed by atoms with Crippen LogP contribution in [0.3, 0.4) is 0 Å². The van der Waals surface area contributed by atoms with Crippen molar-refractivity contribution in [2.75, 3.05) is 20.2 Å². The highest BCUT2D eigenvalue weighted by Gasteiger charge is 2.11. The van der Waals surface area contributed by atoms with E-state index in [9.17, 15) is 4.39 Å². The molecule has 1 atom stereocenters. The summed E-state index contributed by atoms with van der Waals surface area (Å²) in [6, 6.07) is 6.28. The lowest BCUT2D eigenvalue weighted by molar-refractivity contribution is 0.146. The first kappa shape index (κ1) is 12.1. The summed E-state index contributed by atoms with van der Waals surface area (Å²) in [5.74, 6) is -0.237. The average Bonchev–Trinajstić information content (AvgIpc) is 2.23. The lowest BCUT2D eigenvalue weighted by Crippen LogP contribution is -2.40. The highest BCUT2D eigenvalue weighted by atomic mass is 19.1. The van der Waals surface area contributed by atoms with Crippen molar-refractivity contribution in [1.29, 1.82) is 0 Å². The van der Waals surface area contributed by atoms with E-state index in [0.29, 0.717) is 13.1 Å². The first-order valence-corrected chi connectivity index (χ1v) is 4.93. The van der Waals surface area contributed by atoms with E-state index in [0.717, 1.165) is 5.56 Å². The Morgan fingerprint density at radius 1 is 1.40 bits per heavy atom. The summed E-state index contributed by atoms with van der Waals surface area (Å²) in [5, 5.41) is 9.04. The van der Waals surface area contributed by atoms with E-state index < -0.39 is 0 Å². The molecule has 0 aliphatic carbocycles. The van der Waals surface area contributed by atoms with E-state index in [-0.39, 0.29) is 18.5 Å². The molecule has 1 aromatic carbocycles. The Bertz CT molecular complexity index is 285. The van der Waals surface area contributed by atoms with Crippen molar-refractivity contribution in [2.24, 2.45) is 5.73 Å². The normalized spacial score (nSPS) is 13.1. The third kappa shape index (κ3) is 3.58. The van der Waals surface area contributed by atoms with Crippen LogP contribution in [0.2, 0.25) is 0 Å². The van der Waals surface area contributed by atoms with Gasteiger partial charge in [-0.1, -0.05) is 12.1 Å². The number of hydrogen-bond donors (Lipinski definition) is 2. The van der Waals surface area contributed by atoms with Gasteiger partial charge in [-0.3, -0.25) is 4.90 Å². The maximum absolute atomic E-state index is 12.6. The van der Waals surface area contributed by atoms with Crippen molar-refractivity contribution < 1.29 is 9.50 Å². The van der Waals surface area contributed by atoms with E-state index in [1.54, 1.807) is 12.1 Å². The summed E-state index contributed by atoms with van der Waals surface area (Å²) in [5.41, 5.74) is 6.51. The predicted molar refractivity (Wildman–Crippen MR) is 57.8 cm³/mol. The summed E-state index contributed by atoms with van der Waals surface area (Å²) < 4.78 is 12.6. The van der Waals surface area contributed by atoms with E-state index in [1.165, 1.54) is 12.1 Å². The molecule has 0 fully saturated rings. The second-order valence-electron chi connectivity index (χ2n) is 3.61. The van der Waals surface area contributed by atoms with Crippen molar-refractivity contribution in [3.8, 4) is 0 Å². The maximum atomic E-state index is 12.6. The Morgan fingerprint density at radius 2 is 2.00 bits per heavy atom. The molecule has 1 aromatic rings. The monoisotopic (exact) mass is 212 g/mol. The van der Waals surface area contributed by atoms with Crippen LogP contribution >= 0.6 is 0 Å². The third-order valence-electron chi connectivity index (χ3n) is 2.45. The molecule has 0 radical (unpaired) electrons. The Labute approximate surface area is 89.3 Å². The molecule has 0 aliphatic heterocycles. The van der Waals surface area contributed by atoms with Crippen LogP contribution in [-0.4, -0.2) is 36.2 Å². The van der Waals surface area contributed by atoms with Gasteiger partial charge in [0, 0.05) is 19.1 Å². The second-order valence-corrected chi connectivity index (χ2v) is 3.61. The van der Waals surface area contributed by atoms with Crippen molar-refractivity contribution in [1.82, 2.24) is 4.90 Å². The number of halogens is 1. The largest absolute Gasteiger partial charge is 0.395 e. The fourth-order valence-corrected chi connectivity index (χ4v) is 1.40. The molecule has 3 N–H and O–H groups in total. The van der Waals surface area contributed by atoms with Gasteiger partial charge < -0.3 is 10.8 Å². The fraction of sp³-hybridized carbons (Fsp3) is 0.455. The van der Waals surface area contributed by atoms with E-state index in [4.69, 9.17) is 10.8 Å². The number of benzene rings is 1. The fourth-order valence-electron chi connectivity index (χ4n) is 1.40. The number of nitrogens with zero attached hydrogens (tertiary/aromatic N) is 1. The van der Waals surface area contributed by atoms with Gasteiger partial charge in [0.15, 0.2) is 0 Å². The molecular formula is C11H17FN2O. The lowest BCUT2D eigenvalue weighted by atomic mass is 10.2. The Balaban J connectivity index is 2.57. The molecule has 1 rings (SSSR count). The summed E-state index contributed by atoms with van der Waals surface area (Å²) in [7, 11) is 1.89. The van der Waals surface area contributed by atoms with E-state index in [1.807, 2.05) is 11.9 Å². The van der Waals surface area contributed by atoms with Crippen molar-refractivity contribution in [2.45, 2.75) is 12.6 Å². The van der Waals surface area contributed by atoms with Crippen molar-refractivity contribution in [3.63, 3.8) is 0 Å². The zero-order valence-electron chi connectivity index (χ0n) is 8.86. The van der Waals surface area contributed by atoms with Gasteiger partial charge in [0.05, 0.1) is 6.61 Å². The van der Waals surface area contributed by atoms with E-state index >= 15 is 0 Å². The first-order chi connectivity index (χ1) is 7.17. The van der Waals surface area contributed by atoms with Crippen LogP contribution in [0, 0.1) is 5.82 Å². The smallest absolute Gasteiger partial charge is 0.123 e. The highest BCUT2D eigenvalue weighted by molar-refractivity contribution is 5.15. The van der Waals surface area contributed by atoms with Gasteiger partial charge in [0.1, 0.15) is 5.82 Å². The molecule has 0 bridgehead atoms. The molecule has 0 heterocycles. The number of rotatable bonds is 5. The zero-order chi connectivity index (χ0) is 11.3. The van der Waals surface area contributed by atoms with Crippen molar-refractivity contribution >= 4 is 0 Å². The maximum Gasteiger partial charge on any atom is 0.123 e. The number of hydrogen-bond acceptors (Lipinski definition) is 3. The van der Waals surface area contributed by atoms with Gasteiger partial charge in [-0.05, 0) is 24.7 Å². The van der Waals surface area contributed by atoms with Crippen LogP contribution in [0.25, 0.3) is 0 Å². The van der Waals surface area contributed by atoms with Crippen LogP contribution in [0.15, 0.2) is 24.3 Å². The van der Waals surface area contributed by atoms with Crippen LogP contribution in [0.1, 0.15) is 5.56 Å². The number of aliphatic hydroxyl groups is 1. The molecule has 84 valence electrons. The summed E-state index contributed by atoms with van der Waals surface area (Å²) in [6.07, 6.45) is 0. The van der Waals surface area contributed by atoms with Gasteiger partial charge in [-0.25, -0.2) is 4.39 Å². The van der Waals surface area contributed by atoms with Crippen LogP contribution < -0.4 is 5.73 Å². The number of aliphatic hydroxyl groups excluding tert-OH is 1. The first-order valence-electron chi connectivity index (χ1n) is 4.93. The molecule has 0 saturated heterocycles. The molecule has 0 saturated carbocycles. The quantitative estimate of drug-likeness (QED) is 0.750.